The first kappa shape index (κ1) is 9.75. The molecule has 2 nitrogen and oxygen atoms in total. The smallest absolute Gasteiger partial charge is 0.327 e. The van der Waals surface area contributed by atoms with Crippen LogP contribution in [0, 0.1) is 0 Å². The summed E-state index contributed by atoms with van der Waals surface area (Å²) >= 11 is 0. The van der Waals surface area contributed by atoms with Gasteiger partial charge in [-0.25, -0.2) is 4.79 Å². The van der Waals surface area contributed by atoms with Gasteiger partial charge < -0.3 is 5.11 Å². The Morgan fingerprint density at radius 3 is 2.36 bits per heavy atom. The number of carbonyl (C=O) groups is 1. The SMILES string of the molecule is [2H]/C(CCCCCCCCC)=C(/[2H])C(=O)O. The number of aliphatic carboxylic acids is 1. The Balaban J connectivity index is 3.52. The van der Waals surface area contributed by atoms with Crippen LogP contribution in [0.2, 0.25) is 0 Å². The van der Waals surface area contributed by atoms with Gasteiger partial charge in [0.2, 0.25) is 0 Å². The van der Waals surface area contributed by atoms with Gasteiger partial charge in [0, 0.05) is 6.05 Å². The zero-order valence-corrected chi connectivity index (χ0v) is 9.01. The minimum Gasteiger partial charge on any atom is -0.478 e. The van der Waals surface area contributed by atoms with Crippen LogP contribution >= 0.6 is 0 Å². The second-order valence-corrected chi connectivity index (χ2v) is 3.48. The van der Waals surface area contributed by atoms with Crippen molar-refractivity contribution in [3.8, 4) is 0 Å². The summed E-state index contributed by atoms with van der Waals surface area (Å²) in [5, 5.41) is 8.49. The molecule has 0 unspecified atom stereocenters. The van der Waals surface area contributed by atoms with Crippen molar-refractivity contribution in [3.05, 3.63) is 12.1 Å². The molecular formula is C12H22O2. The Labute approximate surface area is 89.8 Å². The minimum atomic E-state index is -1.30. The number of allylic oxidation sites excluding steroid dienone is 1. The van der Waals surface area contributed by atoms with Gasteiger partial charge in [0.05, 0.1) is 2.74 Å². The van der Waals surface area contributed by atoms with Crippen molar-refractivity contribution in [3.63, 3.8) is 0 Å². The maximum absolute atomic E-state index is 10.4. The highest BCUT2D eigenvalue weighted by Gasteiger charge is 1.90. The summed E-state index contributed by atoms with van der Waals surface area (Å²) < 4.78 is 14.5. The van der Waals surface area contributed by atoms with E-state index in [1.165, 1.54) is 25.7 Å². The molecular weight excluding hydrogens is 176 g/mol. The normalized spacial score (nSPS) is 14.4. The number of rotatable bonds is 9. The average molecular weight is 200 g/mol. The Kier molecular flexibility index (Phi) is 7.17. The monoisotopic (exact) mass is 200 g/mol. The first-order valence-electron chi connectivity index (χ1n) is 6.49. The summed E-state index contributed by atoms with van der Waals surface area (Å²) in [6.45, 7) is 2.18. The second-order valence-electron chi connectivity index (χ2n) is 3.48. The van der Waals surface area contributed by atoms with Crippen molar-refractivity contribution < 1.29 is 12.6 Å². The van der Waals surface area contributed by atoms with Crippen LogP contribution in [-0.2, 0) is 4.79 Å². The summed E-state index contributed by atoms with van der Waals surface area (Å²) in [6, 6.07) is -0.618. The highest BCUT2D eigenvalue weighted by Crippen LogP contribution is 2.08. The van der Waals surface area contributed by atoms with E-state index in [2.05, 4.69) is 6.92 Å². The van der Waals surface area contributed by atoms with Crippen LogP contribution in [0.4, 0.5) is 0 Å². The predicted octanol–water partition coefficient (Wildman–Crippen LogP) is 3.77. The van der Waals surface area contributed by atoms with E-state index in [4.69, 9.17) is 7.85 Å². The van der Waals surface area contributed by atoms with E-state index in [0.717, 1.165) is 19.3 Å². The molecule has 0 aromatic carbocycles. The number of hydrogen-bond donors (Lipinski definition) is 1. The molecule has 0 heterocycles. The molecule has 14 heavy (non-hydrogen) atoms. The fourth-order valence-corrected chi connectivity index (χ4v) is 1.31. The van der Waals surface area contributed by atoms with E-state index in [1.807, 2.05) is 0 Å². The van der Waals surface area contributed by atoms with E-state index in [0.29, 0.717) is 6.42 Å². The molecule has 0 amide bonds. The van der Waals surface area contributed by atoms with Gasteiger partial charge in [-0.05, 0) is 12.8 Å². The largest absolute Gasteiger partial charge is 0.478 e. The molecule has 0 atom stereocenters. The summed E-state index contributed by atoms with van der Waals surface area (Å²) in [5.74, 6) is -1.30. The Hall–Kier alpha value is -0.790. The Morgan fingerprint density at radius 2 is 1.79 bits per heavy atom. The molecule has 0 fully saturated rings. The van der Waals surface area contributed by atoms with Gasteiger partial charge in [0.25, 0.3) is 0 Å². The summed E-state index contributed by atoms with van der Waals surface area (Å²) in [7, 11) is 0. The van der Waals surface area contributed by atoms with Gasteiger partial charge in [0.1, 0.15) is 0 Å². The van der Waals surface area contributed by atoms with Crippen LogP contribution in [0.25, 0.3) is 0 Å². The van der Waals surface area contributed by atoms with Crippen LogP contribution < -0.4 is 0 Å². The lowest BCUT2D eigenvalue weighted by molar-refractivity contribution is -0.131. The third kappa shape index (κ3) is 11.2. The minimum absolute atomic E-state index is 0.0546. The van der Waals surface area contributed by atoms with E-state index >= 15 is 0 Å². The molecule has 0 aromatic heterocycles. The molecule has 0 saturated heterocycles. The van der Waals surface area contributed by atoms with Gasteiger partial charge in [-0.2, -0.15) is 0 Å². The van der Waals surface area contributed by atoms with Gasteiger partial charge in [-0.1, -0.05) is 51.5 Å². The third-order valence-electron chi connectivity index (χ3n) is 2.10. The van der Waals surface area contributed by atoms with E-state index in [9.17, 15) is 4.79 Å². The lowest BCUT2D eigenvalue weighted by atomic mass is 10.1. The van der Waals surface area contributed by atoms with Crippen LogP contribution in [0.1, 0.15) is 61.0 Å². The molecule has 0 aliphatic heterocycles. The van der Waals surface area contributed by atoms with Crippen molar-refractivity contribution in [2.45, 2.75) is 58.3 Å². The molecule has 0 radical (unpaired) electrons. The van der Waals surface area contributed by atoms with Crippen molar-refractivity contribution in [1.82, 2.24) is 0 Å². The lowest BCUT2D eigenvalue weighted by Gasteiger charge is -1.98. The molecule has 1 N–H and O–H groups in total. The number of carboxylic acid groups (broad SMARTS) is 1. The van der Waals surface area contributed by atoms with Crippen LogP contribution in [0.3, 0.4) is 0 Å². The molecule has 0 spiro atoms. The van der Waals surface area contributed by atoms with Crippen LogP contribution in [-0.4, -0.2) is 11.1 Å². The van der Waals surface area contributed by atoms with Crippen LogP contribution in [0.15, 0.2) is 12.1 Å². The molecule has 0 rings (SSSR count). The van der Waals surface area contributed by atoms with E-state index in [1.54, 1.807) is 0 Å². The average Bonchev–Trinajstić information content (AvgIpc) is 2.26. The highest BCUT2D eigenvalue weighted by molar-refractivity contribution is 5.79. The summed E-state index contributed by atoms with van der Waals surface area (Å²) in [6.07, 6.45) is 8.41. The highest BCUT2D eigenvalue weighted by atomic mass is 16.4. The number of hydrogen-bond acceptors (Lipinski definition) is 1. The maximum atomic E-state index is 10.4. The fourth-order valence-electron chi connectivity index (χ4n) is 1.31. The molecule has 0 bridgehead atoms. The van der Waals surface area contributed by atoms with Gasteiger partial charge in [-0.3, -0.25) is 0 Å². The maximum Gasteiger partial charge on any atom is 0.327 e. The van der Waals surface area contributed by atoms with Crippen molar-refractivity contribution in [2.75, 3.05) is 0 Å². The van der Waals surface area contributed by atoms with E-state index < -0.39 is 12.0 Å². The number of unbranched alkanes of at least 4 members (excludes halogenated alkanes) is 6. The number of carboxylic acids is 1. The molecule has 0 aliphatic carbocycles. The molecule has 82 valence electrons. The summed E-state index contributed by atoms with van der Waals surface area (Å²) in [4.78, 5) is 10.4. The molecule has 0 aliphatic rings. The zero-order valence-electron chi connectivity index (χ0n) is 11.0. The van der Waals surface area contributed by atoms with Crippen LogP contribution in [0.5, 0.6) is 0 Å². The topological polar surface area (TPSA) is 37.3 Å². The molecule has 2 heteroatoms. The zero-order chi connectivity index (χ0) is 12.4. The summed E-state index contributed by atoms with van der Waals surface area (Å²) in [5.41, 5.74) is 0. The Bertz CT molecular complexity index is 237. The first-order valence-corrected chi connectivity index (χ1v) is 5.49. The quantitative estimate of drug-likeness (QED) is 0.454. The standard InChI is InChI=1S/C12H22O2/c1-2-3-4-5-6-7-8-9-10-11-12(13)14/h10-11H,2-9H2,1H3,(H,13,14)/b11-10+/i10D,11D. The lowest BCUT2D eigenvalue weighted by Crippen LogP contribution is -1.85. The fraction of sp³-hybridized carbons (Fsp3) is 0.750. The third-order valence-corrected chi connectivity index (χ3v) is 2.10. The van der Waals surface area contributed by atoms with Crippen molar-refractivity contribution in [2.24, 2.45) is 0 Å². The van der Waals surface area contributed by atoms with Gasteiger partial charge in [-0.15, -0.1) is 0 Å². The van der Waals surface area contributed by atoms with Crippen molar-refractivity contribution in [1.29, 1.82) is 0 Å². The first-order chi connectivity index (χ1) is 7.59. The van der Waals surface area contributed by atoms with Gasteiger partial charge >= 0.3 is 5.97 Å². The second kappa shape index (κ2) is 10.3. The molecule has 0 aromatic rings. The van der Waals surface area contributed by atoms with Crippen molar-refractivity contribution >= 4 is 5.97 Å². The Morgan fingerprint density at radius 1 is 1.21 bits per heavy atom. The van der Waals surface area contributed by atoms with Gasteiger partial charge in [0.15, 0.2) is 0 Å². The molecule has 0 saturated carbocycles. The predicted molar refractivity (Wildman–Crippen MR) is 59.4 cm³/mol. The van der Waals surface area contributed by atoms with E-state index in [-0.39, 0.29) is 6.05 Å².